The standard InChI is InChI=1S/C15H18ClN3O/c1-2-12(11-17)15(20)19-9-7-18(8-10-19)14-6-4-3-5-13(14)16/h3-6,12H,2,7-10H2,1H3. The lowest BCUT2D eigenvalue weighted by Crippen LogP contribution is -2.50. The highest BCUT2D eigenvalue weighted by Gasteiger charge is 2.26. The number of carbonyl (C=O) groups excluding carboxylic acids is 1. The van der Waals surface area contributed by atoms with Crippen molar-refractivity contribution in [3.8, 4) is 6.07 Å². The fourth-order valence-corrected chi connectivity index (χ4v) is 2.67. The lowest BCUT2D eigenvalue weighted by Gasteiger charge is -2.37. The molecule has 1 heterocycles. The summed E-state index contributed by atoms with van der Waals surface area (Å²) in [6, 6.07) is 9.80. The van der Waals surface area contributed by atoms with E-state index in [1.54, 1.807) is 4.90 Å². The average molecular weight is 292 g/mol. The molecule has 1 saturated heterocycles. The van der Waals surface area contributed by atoms with Gasteiger partial charge in [-0.25, -0.2) is 0 Å². The van der Waals surface area contributed by atoms with E-state index in [4.69, 9.17) is 16.9 Å². The number of anilines is 1. The quantitative estimate of drug-likeness (QED) is 0.860. The van der Waals surface area contributed by atoms with Crippen molar-refractivity contribution in [2.24, 2.45) is 5.92 Å². The van der Waals surface area contributed by atoms with Crippen LogP contribution in [0.4, 0.5) is 5.69 Å². The Labute approximate surface area is 124 Å². The Bertz CT molecular complexity index is 518. The molecule has 0 bridgehead atoms. The van der Waals surface area contributed by atoms with Crippen molar-refractivity contribution >= 4 is 23.2 Å². The third-order valence-corrected chi connectivity index (χ3v) is 3.97. The van der Waals surface area contributed by atoms with Crippen LogP contribution in [0.5, 0.6) is 0 Å². The van der Waals surface area contributed by atoms with Gasteiger partial charge < -0.3 is 9.80 Å². The number of carbonyl (C=O) groups is 1. The smallest absolute Gasteiger partial charge is 0.240 e. The van der Waals surface area contributed by atoms with Gasteiger partial charge in [0.2, 0.25) is 5.91 Å². The van der Waals surface area contributed by atoms with Gasteiger partial charge in [-0.3, -0.25) is 4.79 Å². The van der Waals surface area contributed by atoms with E-state index < -0.39 is 5.92 Å². The number of halogens is 1. The maximum Gasteiger partial charge on any atom is 0.240 e. The Kier molecular flexibility index (Phi) is 4.86. The van der Waals surface area contributed by atoms with E-state index >= 15 is 0 Å². The minimum Gasteiger partial charge on any atom is -0.367 e. The minimum atomic E-state index is -0.512. The molecule has 5 heteroatoms. The normalized spacial score (nSPS) is 16.6. The first-order valence-electron chi connectivity index (χ1n) is 6.85. The average Bonchev–Trinajstić information content (AvgIpc) is 2.49. The van der Waals surface area contributed by atoms with E-state index in [1.807, 2.05) is 31.2 Å². The summed E-state index contributed by atoms with van der Waals surface area (Å²) < 4.78 is 0. The summed E-state index contributed by atoms with van der Waals surface area (Å²) in [7, 11) is 0. The van der Waals surface area contributed by atoms with E-state index in [1.165, 1.54) is 0 Å². The van der Waals surface area contributed by atoms with Gasteiger partial charge in [-0.15, -0.1) is 0 Å². The highest BCUT2D eigenvalue weighted by molar-refractivity contribution is 6.33. The summed E-state index contributed by atoms with van der Waals surface area (Å²) in [5, 5.41) is 9.70. The summed E-state index contributed by atoms with van der Waals surface area (Å²) >= 11 is 6.19. The molecule has 1 aliphatic rings. The predicted molar refractivity (Wildman–Crippen MR) is 79.6 cm³/mol. The van der Waals surface area contributed by atoms with Gasteiger partial charge in [-0.1, -0.05) is 30.7 Å². The Morgan fingerprint density at radius 1 is 1.35 bits per heavy atom. The van der Waals surface area contributed by atoms with E-state index in [0.29, 0.717) is 19.5 Å². The zero-order valence-electron chi connectivity index (χ0n) is 11.6. The number of hydrogen-bond acceptors (Lipinski definition) is 3. The zero-order chi connectivity index (χ0) is 14.5. The first-order valence-corrected chi connectivity index (χ1v) is 7.23. The van der Waals surface area contributed by atoms with E-state index in [0.717, 1.165) is 23.8 Å². The van der Waals surface area contributed by atoms with Crippen LogP contribution in [0.2, 0.25) is 5.02 Å². The first-order chi connectivity index (χ1) is 9.67. The molecule has 0 aliphatic carbocycles. The van der Waals surface area contributed by atoms with Crippen LogP contribution in [0.25, 0.3) is 0 Å². The van der Waals surface area contributed by atoms with Gasteiger partial charge in [0.25, 0.3) is 0 Å². The van der Waals surface area contributed by atoms with Crippen molar-refractivity contribution in [2.75, 3.05) is 31.1 Å². The number of benzene rings is 1. The van der Waals surface area contributed by atoms with Crippen molar-refractivity contribution in [1.82, 2.24) is 4.90 Å². The van der Waals surface area contributed by atoms with Crippen LogP contribution >= 0.6 is 11.6 Å². The Morgan fingerprint density at radius 2 is 2.00 bits per heavy atom. The highest BCUT2D eigenvalue weighted by atomic mass is 35.5. The van der Waals surface area contributed by atoms with Gasteiger partial charge in [-0.2, -0.15) is 5.26 Å². The topological polar surface area (TPSA) is 47.3 Å². The van der Waals surface area contributed by atoms with Crippen LogP contribution in [0.3, 0.4) is 0 Å². The number of amides is 1. The van der Waals surface area contributed by atoms with Crippen LogP contribution < -0.4 is 4.90 Å². The van der Waals surface area contributed by atoms with E-state index in [2.05, 4.69) is 11.0 Å². The summed E-state index contributed by atoms with van der Waals surface area (Å²) in [6.45, 7) is 4.64. The van der Waals surface area contributed by atoms with Crippen molar-refractivity contribution in [3.05, 3.63) is 29.3 Å². The third kappa shape index (κ3) is 3.05. The number of nitriles is 1. The van der Waals surface area contributed by atoms with E-state index in [-0.39, 0.29) is 5.91 Å². The lowest BCUT2D eigenvalue weighted by atomic mass is 10.1. The van der Waals surface area contributed by atoms with Gasteiger partial charge >= 0.3 is 0 Å². The second-order valence-electron chi connectivity index (χ2n) is 4.85. The molecule has 2 rings (SSSR count). The number of rotatable bonds is 3. The van der Waals surface area contributed by atoms with Crippen LogP contribution in [-0.2, 0) is 4.79 Å². The maximum atomic E-state index is 12.1. The predicted octanol–water partition coefficient (Wildman–Crippen LogP) is 2.54. The number of nitrogens with zero attached hydrogens (tertiary/aromatic N) is 3. The largest absolute Gasteiger partial charge is 0.367 e. The maximum absolute atomic E-state index is 12.1. The van der Waals surface area contributed by atoms with Crippen LogP contribution in [0.15, 0.2) is 24.3 Å². The molecule has 4 nitrogen and oxygen atoms in total. The number of piperazine rings is 1. The molecule has 106 valence electrons. The number of para-hydroxylation sites is 1. The third-order valence-electron chi connectivity index (χ3n) is 3.65. The van der Waals surface area contributed by atoms with Gasteiger partial charge in [0, 0.05) is 26.2 Å². The lowest BCUT2D eigenvalue weighted by molar-refractivity contribution is -0.134. The van der Waals surface area contributed by atoms with Crippen LogP contribution in [0, 0.1) is 17.2 Å². The Hall–Kier alpha value is -1.73. The summed E-state index contributed by atoms with van der Waals surface area (Å²) in [4.78, 5) is 16.1. The Balaban J connectivity index is 1.98. The molecule has 1 fully saturated rings. The molecule has 0 aromatic heterocycles. The van der Waals surface area contributed by atoms with Crippen molar-refractivity contribution in [1.29, 1.82) is 5.26 Å². The molecule has 1 aromatic rings. The molecule has 1 amide bonds. The fourth-order valence-electron chi connectivity index (χ4n) is 2.42. The molecule has 0 spiro atoms. The highest BCUT2D eigenvalue weighted by Crippen LogP contribution is 2.26. The van der Waals surface area contributed by atoms with Gasteiger partial charge in [-0.05, 0) is 18.6 Å². The van der Waals surface area contributed by atoms with Gasteiger partial charge in [0.15, 0.2) is 0 Å². The summed E-state index contributed by atoms with van der Waals surface area (Å²) in [5.74, 6) is -0.560. The van der Waals surface area contributed by atoms with Crippen molar-refractivity contribution < 1.29 is 4.79 Å². The molecule has 20 heavy (non-hydrogen) atoms. The van der Waals surface area contributed by atoms with Crippen LogP contribution in [0.1, 0.15) is 13.3 Å². The fraction of sp³-hybridized carbons (Fsp3) is 0.467. The first kappa shape index (κ1) is 14.7. The van der Waals surface area contributed by atoms with Crippen LogP contribution in [-0.4, -0.2) is 37.0 Å². The van der Waals surface area contributed by atoms with E-state index in [9.17, 15) is 4.79 Å². The summed E-state index contributed by atoms with van der Waals surface area (Å²) in [6.07, 6.45) is 0.570. The second-order valence-corrected chi connectivity index (χ2v) is 5.26. The monoisotopic (exact) mass is 291 g/mol. The zero-order valence-corrected chi connectivity index (χ0v) is 12.3. The molecule has 0 N–H and O–H groups in total. The Morgan fingerprint density at radius 3 is 2.55 bits per heavy atom. The molecule has 1 aromatic carbocycles. The van der Waals surface area contributed by atoms with Gasteiger partial charge in [0.05, 0.1) is 16.8 Å². The van der Waals surface area contributed by atoms with Crippen molar-refractivity contribution in [2.45, 2.75) is 13.3 Å². The van der Waals surface area contributed by atoms with Crippen molar-refractivity contribution in [3.63, 3.8) is 0 Å². The van der Waals surface area contributed by atoms with Gasteiger partial charge in [0.1, 0.15) is 5.92 Å². The SMILES string of the molecule is CCC(C#N)C(=O)N1CCN(c2ccccc2Cl)CC1. The molecule has 1 atom stereocenters. The molecular weight excluding hydrogens is 274 g/mol. The number of hydrogen-bond donors (Lipinski definition) is 0. The molecule has 0 saturated carbocycles. The molecule has 1 aliphatic heterocycles. The molecular formula is C15H18ClN3O. The molecule has 0 radical (unpaired) electrons. The summed E-state index contributed by atoms with van der Waals surface area (Å²) in [5.41, 5.74) is 1.01. The second kappa shape index (κ2) is 6.62. The molecule has 1 unspecified atom stereocenters. The minimum absolute atomic E-state index is 0.0474.